The van der Waals surface area contributed by atoms with Crippen LogP contribution in [0.4, 0.5) is 5.69 Å². The monoisotopic (exact) mass is 466 g/mol. The van der Waals surface area contributed by atoms with Gasteiger partial charge in [0.25, 0.3) is 0 Å². The van der Waals surface area contributed by atoms with Crippen molar-refractivity contribution < 1.29 is 14.3 Å². The molecule has 0 aliphatic carbocycles. The summed E-state index contributed by atoms with van der Waals surface area (Å²) in [5.41, 5.74) is 2.36. The van der Waals surface area contributed by atoms with Crippen LogP contribution in [0.2, 0.25) is 0 Å². The standard InChI is InChI=1S/C23H26N6O3S/c1-15(30)16-4-7-18(8-5-16)24-23(33)28-12-10-19(11-13-28)29-26-22(25-27-29)17-6-9-20(31-2)21(14-17)32-3/h4-9,14,19H,10-13H2,1-3H3,(H,24,33). The number of benzene rings is 2. The smallest absolute Gasteiger partial charge is 0.205 e. The van der Waals surface area contributed by atoms with Gasteiger partial charge in [-0.1, -0.05) is 0 Å². The van der Waals surface area contributed by atoms with Crippen LogP contribution in [-0.2, 0) is 0 Å². The van der Waals surface area contributed by atoms with Crippen LogP contribution in [0.3, 0.4) is 0 Å². The van der Waals surface area contributed by atoms with E-state index in [1.165, 1.54) is 0 Å². The topological polar surface area (TPSA) is 94.4 Å². The second-order valence-corrected chi connectivity index (χ2v) is 8.17. The average molecular weight is 467 g/mol. The normalized spacial score (nSPS) is 14.1. The molecule has 0 atom stereocenters. The van der Waals surface area contributed by atoms with E-state index in [0.29, 0.717) is 28.0 Å². The summed E-state index contributed by atoms with van der Waals surface area (Å²) >= 11 is 5.58. The fourth-order valence-electron chi connectivity index (χ4n) is 3.76. The third kappa shape index (κ3) is 5.11. The number of hydrogen-bond donors (Lipinski definition) is 1. The summed E-state index contributed by atoms with van der Waals surface area (Å²) < 4.78 is 10.7. The van der Waals surface area contributed by atoms with E-state index in [9.17, 15) is 4.79 Å². The molecule has 0 radical (unpaired) electrons. The lowest BCUT2D eigenvalue weighted by Crippen LogP contribution is -2.41. The molecular weight excluding hydrogens is 440 g/mol. The number of thiocarbonyl (C=S) groups is 1. The molecule has 1 aliphatic rings. The Balaban J connectivity index is 1.35. The molecule has 10 heteroatoms. The molecule has 1 N–H and O–H groups in total. The van der Waals surface area contributed by atoms with Crippen molar-refractivity contribution in [3.8, 4) is 22.9 Å². The van der Waals surface area contributed by atoms with Gasteiger partial charge in [0.15, 0.2) is 22.4 Å². The number of piperidine rings is 1. The number of hydrogen-bond acceptors (Lipinski definition) is 7. The molecule has 33 heavy (non-hydrogen) atoms. The molecule has 172 valence electrons. The van der Waals surface area contributed by atoms with Gasteiger partial charge in [-0.25, -0.2) is 0 Å². The van der Waals surface area contributed by atoms with Crippen molar-refractivity contribution in [3.63, 3.8) is 0 Å². The molecule has 0 unspecified atom stereocenters. The van der Waals surface area contributed by atoms with Crippen molar-refractivity contribution in [2.45, 2.75) is 25.8 Å². The van der Waals surface area contributed by atoms with Gasteiger partial charge < -0.3 is 19.7 Å². The molecule has 1 fully saturated rings. The number of Topliss-reactive ketones (excluding diaryl/α,β-unsaturated/α-hetero) is 1. The van der Waals surface area contributed by atoms with E-state index in [-0.39, 0.29) is 11.8 Å². The Morgan fingerprint density at radius 2 is 1.76 bits per heavy atom. The van der Waals surface area contributed by atoms with E-state index in [1.807, 2.05) is 30.3 Å². The van der Waals surface area contributed by atoms with Crippen molar-refractivity contribution in [1.29, 1.82) is 0 Å². The third-order valence-corrected chi connectivity index (χ3v) is 6.05. The van der Waals surface area contributed by atoms with Crippen molar-refractivity contribution in [3.05, 3.63) is 48.0 Å². The highest BCUT2D eigenvalue weighted by Gasteiger charge is 2.24. The lowest BCUT2D eigenvalue weighted by atomic mass is 10.1. The summed E-state index contributed by atoms with van der Waals surface area (Å²) in [4.78, 5) is 15.3. The zero-order valence-corrected chi connectivity index (χ0v) is 19.6. The Morgan fingerprint density at radius 1 is 1.06 bits per heavy atom. The molecule has 1 aromatic heterocycles. The number of carbonyl (C=O) groups is 1. The van der Waals surface area contributed by atoms with Gasteiger partial charge in [-0.3, -0.25) is 4.79 Å². The minimum atomic E-state index is 0.0437. The van der Waals surface area contributed by atoms with Gasteiger partial charge in [-0.2, -0.15) is 4.80 Å². The number of ether oxygens (including phenoxy) is 2. The average Bonchev–Trinajstić information content (AvgIpc) is 3.34. The molecule has 2 aromatic carbocycles. The molecule has 0 saturated carbocycles. The molecule has 2 heterocycles. The van der Waals surface area contributed by atoms with Gasteiger partial charge in [-0.05, 0) is 79.7 Å². The van der Waals surface area contributed by atoms with Gasteiger partial charge >= 0.3 is 0 Å². The maximum atomic E-state index is 11.4. The van der Waals surface area contributed by atoms with Crippen LogP contribution in [-0.4, -0.2) is 63.3 Å². The first-order chi connectivity index (χ1) is 16.0. The van der Waals surface area contributed by atoms with E-state index >= 15 is 0 Å². The molecule has 0 amide bonds. The molecule has 3 aromatic rings. The first kappa shape index (κ1) is 22.7. The van der Waals surface area contributed by atoms with Gasteiger partial charge in [0.05, 0.1) is 20.3 Å². The predicted octanol–water partition coefficient (Wildman–Crippen LogP) is 3.59. The van der Waals surface area contributed by atoms with Gasteiger partial charge in [-0.15, -0.1) is 10.2 Å². The summed E-state index contributed by atoms with van der Waals surface area (Å²) in [5.74, 6) is 1.86. The largest absolute Gasteiger partial charge is 0.493 e. The van der Waals surface area contributed by atoms with E-state index in [1.54, 1.807) is 38.1 Å². The summed E-state index contributed by atoms with van der Waals surface area (Å²) in [6.07, 6.45) is 1.71. The van der Waals surface area contributed by atoms with Crippen LogP contribution in [0, 0.1) is 0 Å². The zero-order chi connectivity index (χ0) is 23.4. The van der Waals surface area contributed by atoms with Crippen LogP contribution >= 0.6 is 12.2 Å². The van der Waals surface area contributed by atoms with Crippen LogP contribution in [0.5, 0.6) is 11.5 Å². The van der Waals surface area contributed by atoms with Crippen LogP contribution in [0.15, 0.2) is 42.5 Å². The minimum absolute atomic E-state index is 0.0437. The van der Waals surface area contributed by atoms with Crippen molar-refractivity contribution in [2.75, 3.05) is 32.6 Å². The van der Waals surface area contributed by atoms with E-state index < -0.39 is 0 Å². The highest BCUT2D eigenvalue weighted by atomic mass is 32.1. The molecule has 4 rings (SSSR count). The molecule has 0 spiro atoms. The Kier molecular flexibility index (Phi) is 6.83. The minimum Gasteiger partial charge on any atom is -0.493 e. The van der Waals surface area contributed by atoms with Gasteiger partial charge in [0.1, 0.15) is 0 Å². The summed E-state index contributed by atoms with van der Waals surface area (Å²) in [6, 6.07) is 13.0. The Bertz CT molecular complexity index is 1140. The number of rotatable bonds is 6. The Labute approximate surface area is 197 Å². The maximum absolute atomic E-state index is 11.4. The number of likely N-dealkylation sites (tertiary alicyclic amines) is 1. The van der Waals surface area contributed by atoms with E-state index in [4.69, 9.17) is 21.7 Å². The number of nitrogens with zero attached hydrogens (tertiary/aromatic N) is 5. The quantitative estimate of drug-likeness (QED) is 0.432. The lowest BCUT2D eigenvalue weighted by Gasteiger charge is -2.33. The van der Waals surface area contributed by atoms with Crippen LogP contribution in [0.25, 0.3) is 11.4 Å². The molecular formula is C23H26N6O3S. The number of methoxy groups -OCH3 is 2. The second kappa shape index (κ2) is 9.95. The predicted molar refractivity (Wildman–Crippen MR) is 129 cm³/mol. The number of tetrazole rings is 1. The number of nitrogens with one attached hydrogen (secondary N) is 1. The Hall–Kier alpha value is -3.53. The number of ketones is 1. The third-order valence-electron chi connectivity index (χ3n) is 5.69. The summed E-state index contributed by atoms with van der Waals surface area (Å²) in [6.45, 7) is 3.13. The zero-order valence-electron chi connectivity index (χ0n) is 18.8. The molecule has 1 aliphatic heterocycles. The fourth-order valence-corrected chi connectivity index (χ4v) is 4.06. The number of anilines is 1. The van der Waals surface area contributed by atoms with Crippen molar-refractivity contribution in [1.82, 2.24) is 25.1 Å². The second-order valence-electron chi connectivity index (χ2n) is 7.79. The highest BCUT2D eigenvalue weighted by Crippen LogP contribution is 2.31. The van der Waals surface area contributed by atoms with Crippen LogP contribution in [0.1, 0.15) is 36.2 Å². The van der Waals surface area contributed by atoms with E-state index in [0.717, 1.165) is 37.2 Å². The summed E-state index contributed by atoms with van der Waals surface area (Å²) in [5, 5.41) is 17.0. The first-order valence-corrected chi connectivity index (χ1v) is 11.1. The fraction of sp³-hybridized carbons (Fsp3) is 0.348. The molecule has 1 saturated heterocycles. The highest BCUT2D eigenvalue weighted by molar-refractivity contribution is 7.80. The van der Waals surface area contributed by atoms with Crippen molar-refractivity contribution in [2.24, 2.45) is 0 Å². The maximum Gasteiger partial charge on any atom is 0.205 e. The SMILES string of the molecule is COc1ccc(-c2nnn(C3CCN(C(=S)Nc4ccc(C(C)=O)cc4)CC3)n2)cc1OC. The number of carbonyl (C=O) groups excluding carboxylic acids is 1. The van der Waals surface area contributed by atoms with Gasteiger partial charge in [0.2, 0.25) is 5.82 Å². The lowest BCUT2D eigenvalue weighted by molar-refractivity contribution is 0.101. The summed E-state index contributed by atoms with van der Waals surface area (Å²) in [7, 11) is 3.20. The van der Waals surface area contributed by atoms with Crippen molar-refractivity contribution >= 4 is 28.8 Å². The van der Waals surface area contributed by atoms with Crippen LogP contribution < -0.4 is 14.8 Å². The molecule has 0 bridgehead atoms. The number of aromatic nitrogens is 4. The molecule has 9 nitrogen and oxygen atoms in total. The first-order valence-electron chi connectivity index (χ1n) is 10.7. The van der Waals surface area contributed by atoms with E-state index in [2.05, 4.69) is 25.6 Å². The Morgan fingerprint density at radius 3 is 2.39 bits per heavy atom. The van der Waals surface area contributed by atoms with Gasteiger partial charge in [0, 0.05) is 29.9 Å².